The first-order valence-electron chi connectivity index (χ1n) is 14.6. The number of nitrogens with zero attached hydrogens (tertiary/aromatic N) is 1. The molecule has 0 saturated heterocycles. The van der Waals surface area contributed by atoms with Gasteiger partial charge in [0.2, 0.25) is 0 Å². The molecule has 0 saturated carbocycles. The SMILES string of the molecule is CCCOC(=O)CCN(CCOC(=O)NCCCCCCNC(=O)OC(C)(C)CC(C)(C)C)CCOC(C)C. The quantitative estimate of drug-likeness (QED) is 0.111. The molecule has 0 heterocycles. The summed E-state index contributed by atoms with van der Waals surface area (Å²) in [6.45, 7) is 20.1. The normalized spacial score (nSPS) is 11.9. The van der Waals surface area contributed by atoms with E-state index >= 15 is 0 Å². The zero-order chi connectivity index (χ0) is 29.7. The Morgan fingerprint density at radius 2 is 1.36 bits per heavy atom. The summed E-state index contributed by atoms with van der Waals surface area (Å²) in [5.41, 5.74) is -0.427. The first-order chi connectivity index (χ1) is 18.2. The van der Waals surface area contributed by atoms with Crippen LogP contribution in [0.5, 0.6) is 0 Å². The van der Waals surface area contributed by atoms with Crippen LogP contribution >= 0.6 is 0 Å². The van der Waals surface area contributed by atoms with E-state index in [2.05, 4.69) is 31.4 Å². The number of hydrogen-bond donors (Lipinski definition) is 2. The van der Waals surface area contributed by atoms with E-state index in [1.807, 2.05) is 39.5 Å². The van der Waals surface area contributed by atoms with Crippen LogP contribution in [-0.2, 0) is 23.7 Å². The number of hydrogen-bond acceptors (Lipinski definition) is 8. The van der Waals surface area contributed by atoms with Gasteiger partial charge in [-0.2, -0.15) is 0 Å². The predicted molar refractivity (Wildman–Crippen MR) is 154 cm³/mol. The predicted octanol–water partition coefficient (Wildman–Crippen LogP) is 5.28. The van der Waals surface area contributed by atoms with Gasteiger partial charge in [0.15, 0.2) is 0 Å². The maximum Gasteiger partial charge on any atom is 0.407 e. The van der Waals surface area contributed by atoms with Crippen molar-refractivity contribution in [1.82, 2.24) is 15.5 Å². The molecular formula is C29H57N3O7. The first kappa shape index (κ1) is 36.9. The summed E-state index contributed by atoms with van der Waals surface area (Å²) in [6, 6.07) is 0. The molecule has 10 nitrogen and oxygen atoms in total. The van der Waals surface area contributed by atoms with Crippen molar-refractivity contribution in [3.05, 3.63) is 0 Å². The van der Waals surface area contributed by atoms with Crippen molar-refractivity contribution < 1.29 is 33.3 Å². The molecule has 0 fully saturated rings. The third kappa shape index (κ3) is 24.7. The summed E-state index contributed by atoms with van der Waals surface area (Å²) in [5.74, 6) is -0.221. The van der Waals surface area contributed by atoms with Gasteiger partial charge < -0.3 is 29.6 Å². The highest BCUT2D eigenvalue weighted by molar-refractivity contribution is 5.69. The smallest absolute Gasteiger partial charge is 0.407 e. The lowest BCUT2D eigenvalue weighted by Gasteiger charge is -2.32. The lowest BCUT2D eigenvalue weighted by atomic mass is 9.84. The second-order valence-electron chi connectivity index (χ2n) is 12.0. The first-order valence-corrected chi connectivity index (χ1v) is 14.6. The highest BCUT2D eigenvalue weighted by Gasteiger charge is 2.29. The van der Waals surface area contributed by atoms with Crippen LogP contribution in [0, 0.1) is 5.41 Å². The Bertz CT molecular complexity index is 678. The molecule has 0 aliphatic heterocycles. The Balaban J connectivity index is 3.99. The average molecular weight is 560 g/mol. The van der Waals surface area contributed by atoms with E-state index in [-0.39, 0.29) is 30.2 Å². The number of unbranched alkanes of at least 4 members (excludes halogenated alkanes) is 3. The molecule has 2 N–H and O–H groups in total. The second kappa shape index (κ2) is 20.8. The Morgan fingerprint density at radius 1 is 0.769 bits per heavy atom. The van der Waals surface area contributed by atoms with Crippen molar-refractivity contribution in [3.8, 4) is 0 Å². The van der Waals surface area contributed by atoms with E-state index in [1.165, 1.54) is 0 Å². The van der Waals surface area contributed by atoms with Crippen LogP contribution in [0.3, 0.4) is 0 Å². The van der Waals surface area contributed by atoms with Gasteiger partial charge in [-0.25, -0.2) is 9.59 Å². The van der Waals surface area contributed by atoms with Gasteiger partial charge in [-0.15, -0.1) is 0 Å². The van der Waals surface area contributed by atoms with Crippen LogP contribution < -0.4 is 10.6 Å². The number of ether oxygens (including phenoxy) is 4. The fraction of sp³-hybridized carbons (Fsp3) is 0.897. The zero-order valence-corrected chi connectivity index (χ0v) is 26.0. The van der Waals surface area contributed by atoms with Crippen molar-refractivity contribution in [1.29, 1.82) is 0 Å². The second-order valence-corrected chi connectivity index (χ2v) is 12.0. The molecule has 0 aromatic carbocycles. The highest BCUT2D eigenvalue weighted by atomic mass is 16.6. The van der Waals surface area contributed by atoms with Crippen LogP contribution in [0.25, 0.3) is 0 Å². The standard InChI is InChI=1S/C29H57N3O7/c1-9-20-37-25(33)14-17-32(18-21-36-24(2)3)19-22-38-26(34)30-15-12-10-11-13-16-31-27(35)39-29(7,8)23-28(4,5)6/h24H,9-23H2,1-8H3,(H,30,34)(H,31,35). The zero-order valence-electron chi connectivity index (χ0n) is 26.0. The van der Waals surface area contributed by atoms with Crippen LogP contribution in [0.15, 0.2) is 0 Å². The summed E-state index contributed by atoms with van der Waals surface area (Å²) in [6.07, 6.45) is 4.73. The summed E-state index contributed by atoms with van der Waals surface area (Å²) < 4.78 is 21.6. The van der Waals surface area contributed by atoms with Gasteiger partial charge in [0, 0.05) is 32.7 Å². The Morgan fingerprint density at radius 3 is 1.92 bits per heavy atom. The molecule has 0 unspecified atom stereocenters. The van der Waals surface area contributed by atoms with Gasteiger partial charge in [-0.1, -0.05) is 40.5 Å². The number of amides is 2. The van der Waals surface area contributed by atoms with Gasteiger partial charge in [-0.3, -0.25) is 9.69 Å². The van der Waals surface area contributed by atoms with Crippen molar-refractivity contribution in [2.45, 2.75) is 112 Å². The topological polar surface area (TPSA) is 115 Å². The lowest BCUT2D eigenvalue weighted by molar-refractivity contribution is -0.144. The average Bonchev–Trinajstić information content (AvgIpc) is 2.80. The molecule has 10 heteroatoms. The molecular weight excluding hydrogens is 502 g/mol. The fourth-order valence-electron chi connectivity index (χ4n) is 4.19. The third-order valence-electron chi connectivity index (χ3n) is 5.57. The molecule has 0 radical (unpaired) electrons. The maximum atomic E-state index is 12.0. The molecule has 0 spiro atoms. The van der Waals surface area contributed by atoms with E-state index in [0.29, 0.717) is 52.4 Å². The lowest BCUT2D eigenvalue weighted by Crippen LogP contribution is -2.37. The van der Waals surface area contributed by atoms with Crippen molar-refractivity contribution in [3.63, 3.8) is 0 Å². The molecule has 0 aromatic rings. The molecule has 230 valence electrons. The fourth-order valence-corrected chi connectivity index (χ4v) is 4.19. The Labute approximate surface area is 237 Å². The molecule has 2 amide bonds. The molecule has 0 atom stereocenters. The minimum absolute atomic E-state index is 0.0816. The molecule has 0 aliphatic rings. The van der Waals surface area contributed by atoms with E-state index in [4.69, 9.17) is 18.9 Å². The molecule has 0 bridgehead atoms. The van der Waals surface area contributed by atoms with E-state index < -0.39 is 11.7 Å². The minimum atomic E-state index is -0.509. The van der Waals surface area contributed by atoms with Crippen molar-refractivity contribution >= 4 is 18.2 Å². The molecule has 0 aromatic heterocycles. The minimum Gasteiger partial charge on any atom is -0.466 e. The van der Waals surface area contributed by atoms with Crippen molar-refractivity contribution in [2.75, 3.05) is 52.5 Å². The van der Waals surface area contributed by atoms with Crippen molar-refractivity contribution in [2.24, 2.45) is 5.41 Å². The maximum absolute atomic E-state index is 12.0. The summed E-state index contributed by atoms with van der Waals surface area (Å²) in [7, 11) is 0. The van der Waals surface area contributed by atoms with Gasteiger partial charge in [0.05, 0.1) is 25.7 Å². The molecule has 0 rings (SSSR count). The Kier molecular flexibility index (Phi) is 19.7. The third-order valence-corrected chi connectivity index (χ3v) is 5.57. The molecule has 39 heavy (non-hydrogen) atoms. The van der Waals surface area contributed by atoms with Crippen LogP contribution in [0.1, 0.15) is 100 Å². The van der Waals surface area contributed by atoms with Gasteiger partial charge >= 0.3 is 18.2 Å². The molecule has 0 aliphatic carbocycles. The summed E-state index contributed by atoms with van der Waals surface area (Å²) >= 11 is 0. The largest absolute Gasteiger partial charge is 0.466 e. The Hall–Kier alpha value is -2.07. The summed E-state index contributed by atoms with van der Waals surface area (Å²) in [5, 5.41) is 5.59. The van der Waals surface area contributed by atoms with Gasteiger partial charge in [-0.05, 0) is 58.8 Å². The van der Waals surface area contributed by atoms with Crippen LogP contribution in [-0.4, -0.2) is 87.3 Å². The van der Waals surface area contributed by atoms with E-state index in [1.54, 1.807) is 0 Å². The van der Waals surface area contributed by atoms with Crippen LogP contribution in [0.2, 0.25) is 0 Å². The van der Waals surface area contributed by atoms with Gasteiger partial charge in [0.25, 0.3) is 0 Å². The van der Waals surface area contributed by atoms with E-state index in [9.17, 15) is 14.4 Å². The van der Waals surface area contributed by atoms with Crippen LogP contribution in [0.4, 0.5) is 9.59 Å². The number of carbonyl (C=O) groups excluding carboxylic acids is 3. The summed E-state index contributed by atoms with van der Waals surface area (Å²) in [4.78, 5) is 37.9. The highest BCUT2D eigenvalue weighted by Crippen LogP contribution is 2.29. The van der Waals surface area contributed by atoms with Gasteiger partial charge in [0.1, 0.15) is 12.2 Å². The number of esters is 1. The number of alkyl carbamates (subject to hydrolysis) is 2. The van der Waals surface area contributed by atoms with E-state index in [0.717, 1.165) is 38.5 Å². The number of carbonyl (C=O) groups is 3. The number of rotatable bonds is 21. The monoisotopic (exact) mass is 559 g/mol. The number of nitrogens with one attached hydrogen (secondary N) is 2.